The van der Waals surface area contributed by atoms with Crippen molar-refractivity contribution in [3.8, 4) is 0 Å². The van der Waals surface area contributed by atoms with Crippen LogP contribution in [0.15, 0.2) is 24.3 Å². The molecule has 6 atom stereocenters. The molecule has 4 aliphatic rings. The standard InChI is InChI=1S/C23H32N2O6/c1-4-15(13-26)25-19-21(28)24(14(2)3)11-8-10-23(19)18(20(25)27)17-16(31-23)9-6-5-7-12-30-22(17)29/h6,8-10,14-19,26H,4-5,7,11-13H2,1-3H3/b9-6-/t15-,16+,17-,18-,19?,23-/m0/s1. The number of allylic oxidation sites excluding steroid dienone is 1. The van der Waals surface area contributed by atoms with Crippen molar-refractivity contribution in [1.29, 1.82) is 0 Å². The van der Waals surface area contributed by atoms with Gasteiger partial charge in [0.25, 0.3) is 0 Å². The molecule has 4 heterocycles. The second-order valence-electron chi connectivity index (χ2n) is 9.06. The van der Waals surface area contributed by atoms with Gasteiger partial charge in [-0.25, -0.2) is 0 Å². The van der Waals surface area contributed by atoms with Crippen LogP contribution in [-0.2, 0) is 23.9 Å². The van der Waals surface area contributed by atoms with Gasteiger partial charge in [-0.1, -0.05) is 31.2 Å². The molecule has 1 N–H and O–H groups in total. The maximum Gasteiger partial charge on any atom is 0.312 e. The van der Waals surface area contributed by atoms with E-state index in [1.807, 2.05) is 45.1 Å². The van der Waals surface area contributed by atoms with E-state index in [1.54, 1.807) is 4.90 Å². The Morgan fingerprint density at radius 2 is 2.00 bits per heavy atom. The minimum absolute atomic E-state index is 0.0686. The molecular weight excluding hydrogens is 400 g/mol. The number of carbonyl (C=O) groups excluding carboxylic acids is 3. The highest BCUT2D eigenvalue weighted by Gasteiger charge is 2.72. The number of hydrogen-bond acceptors (Lipinski definition) is 6. The van der Waals surface area contributed by atoms with E-state index >= 15 is 0 Å². The summed E-state index contributed by atoms with van der Waals surface area (Å²) in [5.41, 5.74) is -1.27. The van der Waals surface area contributed by atoms with Gasteiger partial charge >= 0.3 is 5.97 Å². The van der Waals surface area contributed by atoms with Gasteiger partial charge in [0.1, 0.15) is 17.6 Å². The Kier molecular flexibility index (Phi) is 5.96. The Balaban J connectivity index is 1.87. The third-order valence-corrected chi connectivity index (χ3v) is 7.02. The van der Waals surface area contributed by atoms with Crippen molar-refractivity contribution in [1.82, 2.24) is 9.80 Å². The van der Waals surface area contributed by atoms with Crippen LogP contribution < -0.4 is 0 Å². The summed E-state index contributed by atoms with van der Waals surface area (Å²) in [6.45, 7) is 6.15. The predicted octanol–water partition coefficient (Wildman–Crippen LogP) is 1.04. The fourth-order valence-corrected chi connectivity index (χ4v) is 5.48. The Hall–Kier alpha value is -2.19. The Morgan fingerprint density at radius 3 is 2.68 bits per heavy atom. The normalized spacial score (nSPS) is 37.4. The van der Waals surface area contributed by atoms with E-state index in [0.29, 0.717) is 19.4 Å². The van der Waals surface area contributed by atoms with Crippen LogP contribution in [0.3, 0.4) is 0 Å². The molecule has 4 rings (SSSR count). The second kappa shape index (κ2) is 8.39. The van der Waals surface area contributed by atoms with E-state index in [2.05, 4.69) is 0 Å². The number of nitrogens with zero attached hydrogens (tertiary/aromatic N) is 2. The van der Waals surface area contributed by atoms with Gasteiger partial charge in [0.15, 0.2) is 0 Å². The first-order valence-electron chi connectivity index (χ1n) is 11.3. The van der Waals surface area contributed by atoms with E-state index in [0.717, 1.165) is 6.42 Å². The lowest BCUT2D eigenvalue weighted by Gasteiger charge is -2.39. The molecule has 8 heteroatoms. The number of fused-ring (bicyclic) bond motifs is 2. The summed E-state index contributed by atoms with van der Waals surface area (Å²) in [6, 6.07) is -1.53. The fourth-order valence-electron chi connectivity index (χ4n) is 5.48. The van der Waals surface area contributed by atoms with Gasteiger partial charge in [-0.15, -0.1) is 0 Å². The zero-order chi connectivity index (χ0) is 22.3. The maximum absolute atomic E-state index is 13.8. The zero-order valence-electron chi connectivity index (χ0n) is 18.4. The number of hydrogen-bond donors (Lipinski definition) is 1. The average Bonchev–Trinajstić information content (AvgIpc) is 3.14. The molecule has 0 bridgehead atoms. The minimum Gasteiger partial charge on any atom is -0.465 e. The number of aliphatic hydroxyl groups excluding tert-OH is 1. The van der Waals surface area contributed by atoms with Gasteiger partial charge < -0.3 is 24.4 Å². The van der Waals surface area contributed by atoms with Crippen molar-refractivity contribution in [2.75, 3.05) is 19.8 Å². The van der Waals surface area contributed by atoms with Gasteiger partial charge in [-0.3, -0.25) is 14.4 Å². The molecule has 0 aromatic carbocycles. The SMILES string of the molecule is CC[C@@H](CO)N1C(=O)[C@@H]2[C@H]3C(=O)OCCC/C=C\[C@H]3O[C@@]23C=CCN(C(C)C)C(=O)C13. The molecule has 0 saturated carbocycles. The molecule has 170 valence electrons. The number of aliphatic hydroxyl groups is 1. The lowest BCUT2D eigenvalue weighted by molar-refractivity contribution is -0.156. The van der Waals surface area contributed by atoms with E-state index in [4.69, 9.17) is 9.47 Å². The van der Waals surface area contributed by atoms with Gasteiger partial charge in [0, 0.05) is 12.6 Å². The molecule has 1 unspecified atom stereocenters. The molecule has 1 spiro atoms. The monoisotopic (exact) mass is 432 g/mol. The highest BCUT2D eigenvalue weighted by Crippen LogP contribution is 2.53. The van der Waals surface area contributed by atoms with Crippen LogP contribution in [-0.4, -0.2) is 82.3 Å². The third kappa shape index (κ3) is 3.31. The molecule has 31 heavy (non-hydrogen) atoms. The maximum atomic E-state index is 13.8. The summed E-state index contributed by atoms with van der Waals surface area (Å²) in [4.78, 5) is 43.8. The van der Waals surface area contributed by atoms with Crippen LogP contribution in [0.4, 0.5) is 0 Å². The van der Waals surface area contributed by atoms with Crippen LogP contribution in [0.25, 0.3) is 0 Å². The molecule has 2 amide bonds. The highest BCUT2D eigenvalue weighted by molar-refractivity contribution is 5.99. The lowest BCUT2D eigenvalue weighted by Crippen LogP contribution is -2.58. The molecule has 8 nitrogen and oxygen atoms in total. The summed E-state index contributed by atoms with van der Waals surface area (Å²) in [5.74, 6) is -2.70. The van der Waals surface area contributed by atoms with Crippen molar-refractivity contribution in [2.24, 2.45) is 11.8 Å². The summed E-state index contributed by atoms with van der Waals surface area (Å²) in [6.07, 6.45) is 8.78. The number of rotatable bonds is 4. The predicted molar refractivity (Wildman–Crippen MR) is 112 cm³/mol. The first-order valence-corrected chi connectivity index (χ1v) is 11.3. The second-order valence-corrected chi connectivity index (χ2v) is 9.06. The van der Waals surface area contributed by atoms with Crippen LogP contribution in [0, 0.1) is 11.8 Å². The first kappa shape index (κ1) is 22.0. The first-order chi connectivity index (χ1) is 14.9. The molecule has 0 radical (unpaired) electrons. The lowest BCUT2D eigenvalue weighted by atomic mass is 9.78. The highest BCUT2D eigenvalue weighted by atomic mass is 16.6. The van der Waals surface area contributed by atoms with E-state index in [9.17, 15) is 19.5 Å². The van der Waals surface area contributed by atoms with Gasteiger partial charge in [0.05, 0.1) is 31.3 Å². The van der Waals surface area contributed by atoms with Crippen LogP contribution in [0.5, 0.6) is 0 Å². The third-order valence-electron chi connectivity index (χ3n) is 7.02. The van der Waals surface area contributed by atoms with E-state index < -0.39 is 41.6 Å². The van der Waals surface area contributed by atoms with Gasteiger partial charge in [-0.05, 0) is 33.1 Å². The molecule has 0 aromatic heterocycles. The van der Waals surface area contributed by atoms with Crippen LogP contribution >= 0.6 is 0 Å². The van der Waals surface area contributed by atoms with Crippen molar-refractivity contribution in [2.45, 2.75) is 69.9 Å². The topological polar surface area (TPSA) is 96.4 Å². The van der Waals surface area contributed by atoms with Crippen LogP contribution in [0.2, 0.25) is 0 Å². The average molecular weight is 433 g/mol. The minimum atomic E-state index is -1.27. The number of ether oxygens (including phenoxy) is 2. The summed E-state index contributed by atoms with van der Waals surface area (Å²) < 4.78 is 12.0. The molecular formula is C23H32N2O6. The summed E-state index contributed by atoms with van der Waals surface area (Å²) in [5, 5.41) is 10.0. The molecule has 2 saturated heterocycles. The molecule has 2 fully saturated rings. The summed E-state index contributed by atoms with van der Waals surface area (Å²) >= 11 is 0. The van der Waals surface area contributed by atoms with Crippen molar-refractivity contribution in [3.05, 3.63) is 24.3 Å². The van der Waals surface area contributed by atoms with Crippen molar-refractivity contribution in [3.63, 3.8) is 0 Å². The quantitative estimate of drug-likeness (QED) is 0.527. The molecule has 0 aliphatic carbocycles. The molecule has 0 aromatic rings. The summed E-state index contributed by atoms with van der Waals surface area (Å²) in [7, 11) is 0. The zero-order valence-corrected chi connectivity index (χ0v) is 18.4. The van der Waals surface area contributed by atoms with Gasteiger partial charge in [0.2, 0.25) is 11.8 Å². The van der Waals surface area contributed by atoms with Crippen molar-refractivity contribution < 1.29 is 29.0 Å². The van der Waals surface area contributed by atoms with E-state index in [1.165, 1.54) is 4.90 Å². The number of likely N-dealkylation sites (tertiary alicyclic amines) is 1. The Morgan fingerprint density at radius 1 is 1.23 bits per heavy atom. The fraction of sp³-hybridized carbons (Fsp3) is 0.696. The largest absolute Gasteiger partial charge is 0.465 e. The smallest absolute Gasteiger partial charge is 0.312 e. The number of esters is 1. The molecule has 4 aliphatic heterocycles. The number of cyclic esters (lactones) is 1. The Bertz CT molecular complexity index is 804. The van der Waals surface area contributed by atoms with Crippen molar-refractivity contribution >= 4 is 17.8 Å². The Labute approximate surface area is 182 Å². The van der Waals surface area contributed by atoms with Crippen LogP contribution in [0.1, 0.15) is 40.0 Å². The van der Waals surface area contributed by atoms with Gasteiger partial charge in [-0.2, -0.15) is 0 Å². The number of amides is 2. The van der Waals surface area contributed by atoms with E-state index in [-0.39, 0.29) is 31.1 Å². The number of carbonyl (C=O) groups is 3.